The van der Waals surface area contributed by atoms with Crippen LogP contribution in [0.1, 0.15) is 11.9 Å². The van der Waals surface area contributed by atoms with Crippen molar-refractivity contribution in [2.75, 3.05) is 6.61 Å². The molecule has 1 aromatic carbocycles. The van der Waals surface area contributed by atoms with Crippen LogP contribution in [-0.2, 0) is 25.4 Å². The van der Waals surface area contributed by atoms with Crippen molar-refractivity contribution in [3.05, 3.63) is 54.9 Å². The highest BCUT2D eigenvalue weighted by Gasteiger charge is 2.56. The van der Waals surface area contributed by atoms with Crippen molar-refractivity contribution in [1.29, 1.82) is 0 Å². The Hall–Kier alpha value is -2.90. The number of H-pyrrole nitrogens is 1. The second kappa shape index (κ2) is 9.14. The van der Waals surface area contributed by atoms with E-state index in [1.54, 1.807) is 16.8 Å². The fourth-order valence-electron chi connectivity index (χ4n) is 6.09. The molecule has 0 radical (unpaired) electrons. The summed E-state index contributed by atoms with van der Waals surface area (Å²) in [6.45, 7) is 3.27. The number of nitrogens with one attached hydrogen (secondary N) is 1. The summed E-state index contributed by atoms with van der Waals surface area (Å²) in [7, 11) is 0. The lowest BCUT2D eigenvalue weighted by Crippen LogP contribution is -2.66. The van der Waals surface area contributed by atoms with Gasteiger partial charge in [0.1, 0.15) is 29.9 Å². The number of carbonyl (C=O) groups is 1. The highest BCUT2D eigenvalue weighted by Crippen LogP contribution is 2.46. The number of carboxylic acids is 1. The third-order valence-corrected chi connectivity index (χ3v) is 7.96. The van der Waals surface area contributed by atoms with Crippen molar-refractivity contribution in [3.63, 3.8) is 0 Å². The molecule has 2 saturated heterocycles. The summed E-state index contributed by atoms with van der Waals surface area (Å²) < 4.78 is 19.4. The maximum Gasteiger partial charge on any atom is 0.273 e. The lowest BCUT2D eigenvalue weighted by Gasteiger charge is -2.48. The van der Waals surface area contributed by atoms with E-state index in [4.69, 9.17) is 14.2 Å². The van der Waals surface area contributed by atoms with Crippen LogP contribution in [-0.4, -0.2) is 75.0 Å². The Labute approximate surface area is 211 Å². The molecule has 3 aliphatic heterocycles. The van der Waals surface area contributed by atoms with E-state index in [1.807, 2.05) is 30.3 Å². The number of fused-ring (bicyclic) bond motifs is 8. The molecule has 5 heterocycles. The minimum absolute atomic E-state index is 0.355. The summed E-state index contributed by atoms with van der Waals surface area (Å²) >= 11 is 0. The van der Waals surface area contributed by atoms with Gasteiger partial charge in [0.15, 0.2) is 18.8 Å². The number of hydrogen-bond acceptors (Lipinski definition) is 9. The lowest BCUT2D eigenvalue weighted by molar-refractivity contribution is -0.792. The molecular weight excluding hydrogens is 484 g/mol. The smallest absolute Gasteiger partial charge is 0.273 e. The average Bonchev–Trinajstić information content (AvgIpc) is 3.28. The normalized spacial score (nSPS) is 37.4. The van der Waals surface area contributed by atoms with Crippen LogP contribution in [0.15, 0.2) is 49.2 Å². The number of para-hydroxylation sites is 1. The van der Waals surface area contributed by atoms with Gasteiger partial charge in [-0.05, 0) is 12.0 Å². The third-order valence-electron chi connectivity index (χ3n) is 7.96. The van der Waals surface area contributed by atoms with Gasteiger partial charge in [-0.25, -0.2) is 0 Å². The standard InChI is InChI=1S/C26H28N2O9/c1-2-11-14-9-16-19-13(12-5-3-4-6-15(12)27-19)7-8-28(16)23(18(14)24(33)34)36-25(11)37-26-22(32)21(31)20(30)17(10-29)35-26/h2-8,11,14,17-18,20-23,25-26,29-32H,1,9-10H2,(H,33,34)/t11-,14+,17-,18+,20-,21+,22-,23-,25+,26+/m1/s1. The predicted molar refractivity (Wildman–Crippen MR) is 124 cm³/mol. The molecule has 3 aliphatic rings. The van der Waals surface area contributed by atoms with Crippen LogP contribution in [0.3, 0.4) is 0 Å². The van der Waals surface area contributed by atoms with Gasteiger partial charge >= 0.3 is 0 Å². The van der Waals surface area contributed by atoms with E-state index < -0.39 is 73.6 Å². The molecule has 196 valence electrons. The number of ether oxygens (including phenoxy) is 3. The van der Waals surface area contributed by atoms with Gasteiger partial charge in [-0.15, -0.1) is 6.58 Å². The van der Waals surface area contributed by atoms with Gasteiger partial charge in [0, 0.05) is 34.7 Å². The topological polar surface area (TPSA) is 168 Å². The first-order valence-corrected chi connectivity index (χ1v) is 12.2. The molecule has 3 aromatic rings. The van der Waals surface area contributed by atoms with E-state index in [2.05, 4.69) is 11.6 Å². The molecule has 2 bridgehead atoms. The van der Waals surface area contributed by atoms with E-state index in [1.165, 1.54) is 0 Å². The zero-order valence-corrected chi connectivity index (χ0v) is 19.7. The fourth-order valence-corrected chi connectivity index (χ4v) is 6.09. The molecule has 0 aliphatic carbocycles. The van der Waals surface area contributed by atoms with Gasteiger partial charge < -0.3 is 44.8 Å². The van der Waals surface area contributed by atoms with E-state index in [-0.39, 0.29) is 0 Å². The molecule has 11 nitrogen and oxygen atoms in total. The minimum atomic E-state index is -1.63. The van der Waals surface area contributed by atoms with Crippen molar-refractivity contribution < 1.29 is 49.1 Å². The van der Waals surface area contributed by atoms with Crippen LogP contribution in [0.4, 0.5) is 0 Å². The minimum Gasteiger partial charge on any atom is -0.549 e. The van der Waals surface area contributed by atoms with Gasteiger partial charge in [-0.1, -0.05) is 24.3 Å². The van der Waals surface area contributed by atoms with E-state index in [0.717, 1.165) is 27.5 Å². The number of carbonyl (C=O) groups excluding carboxylic acids is 1. The Bertz CT molecular complexity index is 1360. The predicted octanol–water partition coefficient (Wildman–Crippen LogP) is -1.38. The van der Waals surface area contributed by atoms with Gasteiger partial charge in [-0.3, -0.25) is 4.74 Å². The number of aromatic amines is 1. The van der Waals surface area contributed by atoms with Crippen molar-refractivity contribution in [1.82, 2.24) is 4.98 Å². The summed E-state index contributed by atoms with van der Waals surface area (Å²) in [4.78, 5) is 15.8. The third kappa shape index (κ3) is 3.69. The number of hydrogen-bond donors (Lipinski definition) is 5. The van der Waals surface area contributed by atoms with Gasteiger partial charge in [0.25, 0.3) is 6.23 Å². The summed E-state index contributed by atoms with van der Waals surface area (Å²) in [5.41, 5.74) is 2.72. The molecule has 6 rings (SSSR count). The molecule has 37 heavy (non-hydrogen) atoms. The van der Waals surface area contributed by atoms with Crippen LogP contribution in [0, 0.1) is 17.8 Å². The Morgan fingerprint density at radius 1 is 1.14 bits per heavy atom. The Kier molecular flexibility index (Phi) is 6.03. The van der Waals surface area contributed by atoms with Crippen molar-refractivity contribution in [2.24, 2.45) is 17.8 Å². The summed E-state index contributed by atoms with van der Waals surface area (Å²) in [5, 5.41) is 54.6. The first-order valence-electron chi connectivity index (χ1n) is 12.2. The largest absolute Gasteiger partial charge is 0.549 e. The first kappa shape index (κ1) is 24.4. The molecule has 2 aromatic heterocycles. The lowest BCUT2D eigenvalue weighted by atomic mass is 9.72. The Morgan fingerprint density at radius 2 is 1.92 bits per heavy atom. The number of aliphatic hydroxyl groups is 4. The van der Waals surface area contributed by atoms with Crippen molar-refractivity contribution in [2.45, 2.75) is 49.6 Å². The number of aromatic nitrogens is 2. The zero-order valence-electron chi connectivity index (χ0n) is 19.7. The monoisotopic (exact) mass is 512 g/mol. The molecule has 0 unspecified atom stereocenters. The molecular formula is C26H28N2O9. The van der Waals surface area contributed by atoms with Crippen LogP contribution in [0.2, 0.25) is 0 Å². The SMILES string of the molecule is C=C[C@H]1[C@H](O[C@@H]2O[C@H](CO)[C@@H](O)[C@H](O)[C@H]2O)O[C@@H]2[C@@H](C(=O)[O-])[C@H]1Cc1c3[nH]c4ccccc4c3cc[n+]12. The number of rotatable bonds is 5. The average molecular weight is 513 g/mol. The second-order valence-corrected chi connectivity index (χ2v) is 9.88. The van der Waals surface area contributed by atoms with Crippen molar-refractivity contribution in [3.8, 4) is 0 Å². The van der Waals surface area contributed by atoms with Crippen LogP contribution in [0.5, 0.6) is 0 Å². The maximum absolute atomic E-state index is 12.3. The van der Waals surface area contributed by atoms with E-state index in [0.29, 0.717) is 6.42 Å². The van der Waals surface area contributed by atoms with Gasteiger partial charge in [-0.2, -0.15) is 4.57 Å². The fraction of sp³-hybridized carbons (Fsp3) is 0.462. The Balaban J connectivity index is 1.39. The number of aliphatic hydroxyl groups excluding tert-OH is 4. The summed E-state index contributed by atoms with van der Waals surface area (Å²) in [6, 6.07) is 9.80. The van der Waals surface area contributed by atoms with Crippen LogP contribution < -0.4 is 9.67 Å². The number of carboxylic acid groups (broad SMARTS) is 1. The number of nitrogens with zero attached hydrogens (tertiary/aromatic N) is 1. The highest BCUT2D eigenvalue weighted by molar-refractivity contribution is 6.07. The molecule has 5 N–H and O–H groups in total. The number of aliphatic carboxylic acids is 1. The van der Waals surface area contributed by atoms with E-state index >= 15 is 0 Å². The quantitative estimate of drug-likeness (QED) is 0.204. The first-order chi connectivity index (χ1) is 17.8. The second-order valence-electron chi connectivity index (χ2n) is 9.88. The maximum atomic E-state index is 12.3. The molecule has 10 atom stereocenters. The Morgan fingerprint density at radius 3 is 2.65 bits per heavy atom. The van der Waals surface area contributed by atoms with Gasteiger partial charge in [0.05, 0.1) is 18.5 Å². The van der Waals surface area contributed by atoms with Gasteiger partial charge in [0.2, 0.25) is 5.69 Å². The highest BCUT2D eigenvalue weighted by atomic mass is 16.8. The molecule has 0 spiro atoms. The zero-order chi connectivity index (χ0) is 26.0. The van der Waals surface area contributed by atoms with Crippen molar-refractivity contribution >= 4 is 27.8 Å². The number of benzene rings is 1. The molecule has 11 heteroatoms. The number of pyridine rings is 1. The van der Waals surface area contributed by atoms with Crippen LogP contribution in [0.25, 0.3) is 21.8 Å². The van der Waals surface area contributed by atoms with E-state index in [9.17, 15) is 30.3 Å². The summed E-state index contributed by atoms with van der Waals surface area (Å²) in [6.07, 6.45) is -5.78. The molecule has 0 amide bonds. The molecule has 0 saturated carbocycles. The van der Waals surface area contributed by atoms with Crippen LogP contribution >= 0.6 is 0 Å². The molecule has 2 fully saturated rings. The summed E-state index contributed by atoms with van der Waals surface area (Å²) in [5.74, 6) is -3.42.